The number of nitrogens with zero attached hydrogens (tertiary/aromatic N) is 2. The second-order valence-electron chi connectivity index (χ2n) is 3.39. The van der Waals surface area contributed by atoms with Crippen molar-refractivity contribution < 1.29 is 10.3 Å². The Morgan fingerprint density at radius 1 is 1.31 bits per heavy atom. The van der Waals surface area contributed by atoms with Gasteiger partial charge in [-0.2, -0.15) is 4.73 Å². The second kappa shape index (κ2) is 4.24. The highest BCUT2D eigenvalue weighted by Crippen LogP contribution is 2.22. The van der Waals surface area contributed by atoms with Gasteiger partial charge >= 0.3 is 0 Å². The molecule has 1 aliphatic heterocycles. The van der Waals surface area contributed by atoms with Crippen molar-refractivity contribution in [2.75, 3.05) is 18.9 Å². The maximum Gasteiger partial charge on any atom is 0.111 e. The van der Waals surface area contributed by atoms with Crippen LogP contribution in [0.25, 0.3) is 11.3 Å². The molecule has 0 unspecified atom stereocenters. The number of hydrogen-bond acceptors (Lipinski definition) is 4. The van der Waals surface area contributed by atoms with E-state index in [0.29, 0.717) is 23.3 Å². The van der Waals surface area contributed by atoms with Gasteiger partial charge in [0.15, 0.2) is 0 Å². The average molecular weight is 219 g/mol. The Balaban J connectivity index is 2.70. The van der Waals surface area contributed by atoms with Crippen molar-refractivity contribution in [3.05, 3.63) is 35.8 Å². The second-order valence-corrected chi connectivity index (χ2v) is 3.39. The Bertz CT molecular complexity index is 533. The van der Waals surface area contributed by atoms with Gasteiger partial charge in [0.05, 0.1) is 24.2 Å². The van der Waals surface area contributed by atoms with Gasteiger partial charge in [-0.25, -0.2) is 0 Å². The minimum atomic E-state index is -0.00215. The number of nitrogen functional groups attached to an aromatic ring is 1. The van der Waals surface area contributed by atoms with E-state index in [0.717, 1.165) is 10.3 Å². The van der Waals surface area contributed by atoms with E-state index in [4.69, 9.17) is 10.8 Å². The summed E-state index contributed by atoms with van der Waals surface area (Å²) in [5, 5.41) is 19.1. The van der Waals surface area contributed by atoms with Crippen molar-refractivity contribution in [1.82, 2.24) is 4.73 Å². The van der Waals surface area contributed by atoms with Crippen LogP contribution in [0.5, 0.6) is 0 Å². The maximum atomic E-state index is 9.65. The Morgan fingerprint density at radius 3 is 2.88 bits per heavy atom. The molecule has 0 aromatic heterocycles. The fourth-order valence-electron chi connectivity index (χ4n) is 1.64. The largest absolute Gasteiger partial charge is 0.428 e. The van der Waals surface area contributed by atoms with E-state index in [9.17, 15) is 5.21 Å². The third kappa shape index (κ3) is 1.72. The molecule has 0 aromatic carbocycles. The van der Waals surface area contributed by atoms with E-state index >= 15 is 0 Å². The molecule has 16 heavy (non-hydrogen) atoms. The molecule has 84 valence electrons. The van der Waals surface area contributed by atoms with E-state index in [2.05, 4.69) is 4.99 Å². The molecule has 0 radical (unpaired) electrons. The molecule has 0 saturated carbocycles. The van der Waals surface area contributed by atoms with Gasteiger partial charge in [-0.1, -0.05) is 0 Å². The van der Waals surface area contributed by atoms with Crippen LogP contribution in [-0.2, 0) is 0 Å². The number of aliphatic hydroxyl groups is 1. The molecule has 1 heterocycles. The van der Waals surface area contributed by atoms with E-state index in [-0.39, 0.29) is 6.61 Å². The zero-order chi connectivity index (χ0) is 11.5. The summed E-state index contributed by atoms with van der Waals surface area (Å²) >= 11 is 0. The van der Waals surface area contributed by atoms with Crippen LogP contribution in [0.15, 0.2) is 35.5 Å². The molecular formula is C11H13N3O2. The van der Waals surface area contributed by atoms with Crippen LogP contribution < -0.4 is 11.1 Å². The minimum absolute atomic E-state index is 0.00215. The van der Waals surface area contributed by atoms with Gasteiger partial charge in [0.25, 0.3) is 0 Å². The molecule has 0 bridgehead atoms. The Hall–Kier alpha value is -2.01. The lowest BCUT2D eigenvalue weighted by Crippen LogP contribution is -2.14. The average Bonchev–Trinajstić information content (AvgIpc) is 2.28. The smallest absolute Gasteiger partial charge is 0.111 e. The molecule has 0 atom stereocenters. The number of hydrogen-bond donors (Lipinski definition) is 3. The van der Waals surface area contributed by atoms with Crippen LogP contribution in [0.3, 0.4) is 0 Å². The molecule has 2 rings (SSSR count). The first-order valence-electron chi connectivity index (χ1n) is 4.94. The molecule has 0 amide bonds. The molecule has 0 spiro atoms. The first-order valence-corrected chi connectivity index (χ1v) is 4.94. The quantitative estimate of drug-likeness (QED) is 0.502. The molecule has 4 N–H and O–H groups in total. The van der Waals surface area contributed by atoms with Crippen molar-refractivity contribution in [3.8, 4) is 11.3 Å². The first-order chi connectivity index (χ1) is 7.74. The van der Waals surface area contributed by atoms with Crippen molar-refractivity contribution in [2.45, 2.75) is 0 Å². The van der Waals surface area contributed by atoms with E-state index in [1.807, 2.05) is 6.07 Å². The summed E-state index contributed by atoms with van der Waals surface area (Å²) in [5.74, 6) is 0. The molecule has 5 nitrogen and oxygen atoms in total. The fraction of sp³-hybridized carbons (Fsp3) is 0.182. The van der Waals surface area contributed by atoms with Gasteiger partial charge in [-0.15, -0.1) is 0 Å². The van der Waals surface area contributed by atoms with E-state index in [1.54, 1.807) is 18.2 Å². The van der Waals surface area contributed by atoms with Crippen molar-refractivity contribution >= 4 is 5.69 Å². The highest BCUT2D eigenvalue weighted by Gasteiger charge is 2.10. The number of anilines is 1. The van der Waals surface area contributed by atoms with Gasteiger partial charge in [0, 0.05) is 11.8 Å². The van der Waals surface area contributed by atoms with Crippen LogP contribution in [0.2, 0.25) is 0 Å². The van der Waals surface area contributed by atoms with Gasteiger partial charge in [0.2, 0.25) is 0 Å². The number of aromatic nitrogens is 1. The zero-order valence-corrected chi connectivity index (χ0v) is 8.67. The number of rotatable bonds is 2. The molecule has 0 fully saturated rings. The lowest BCUT2D eigenvalue weighted by Gasteiger charge is -2.12. The van der Waals surface area contributed by atoms with E-state index in [1.165, 1.54) is 6.20 Å². The third-order valence-corrected chi connectivity index (χ3v) is 2.33. The summed E-state index contributed by atoms with van der Waals surface area (Å²) in [6.07, 6.45) is 1.51. The summed E-state index contributed by atoms with van der Waals surface area (Å²) in [6.45, 7) is 0.331. The first kappa shape index (κ1) is 10.5. The Labute approximate surface area is 92.4 Å². The van der Waals surface area contributed by atoms with Crippen molar-refractivity contribution in [2.24, 2.45) is 4.99 Å². The Morgan fingerprint density at radius 2 is 2.12 bits per heavy atom. The SMILES string of the molecule is Nc1ccc(=NCCO)c2cccn(O)c1-2. The predicted molar refractivity (Wildman–Crippen MR) is 60.2 cm³/mol. The number of fused-ring (bicyclic) bond motifs is 1. The molecule has 0 saturated heterocycles. The summed E-state index contributed by atoms with van der Waals surface area (Å²) in [5.41, 5.74) is 7.56. The summed E-state index contributed by atoms with van der Waals surface area (Å²) < 4.78 is 0.975. The van der Waals surface area contributed by atoms with Crippen LogP contribution in [0.1, 0.15) is 0 Å². The molecule has 2 aliphatic rings. The Kier molecular flexibility index (Phi) is 2.78. The van der Waals surface area contributed by atoms with Gasteiger partial charge in [-0.05, 0) is 24.3 Å². The van der Waals surface area contributed by atoms with E-state index < -0.39 is 0 Å². The zero-order valence-electron chi connectivity index (χ0n) is 8.67. The molecular weight excluding hydrogens is 206 g/mol. The highest BCUT2D eigenvalue weighted by molar-refractivity contribution is 5.73. The molecule has 0 aromatic rings. The standard InChI is InChI=1S/C11H13N3O2/c12-9-3-4-10(13-5-7-15)8-2-1-6-14(16)11(8)9/h1-4,6,15-16H,5,7,12H2. The summed E-state index contributed by atoms with van der Waals surface area (Å²) in [6, 6.07) is 6.99. The highest BCUT2D eigenvalue weighted by atomic mass is 16.5. The lowest BCUT2D eigenvalue weighted by atomic mass is 10.1. The minimum Gasteiger partial charge on any atom is -0.428 e. The van der Waals surface area contributed by atoms with Gasteiger partial charge in [0.1, 0.15) is 5.69 Å². The summed E-state index contributed by atoms with van der Waals surface area (Å²) in [7, 11) is 0. The number of aliphatic hydroxyl groups excluding tert-OH is 1. The van der Waals surface area contributed by atoms with Crippen LogP contribution in [-0.4, -0.2) is 28.2 Å². The van der Waals surface area contributed by atoms with Crippen molar-refractivity contribution in [3.63, 3.8) is 0 Å². The number of pyridine rings is 1. The van der Waals surface area contributed by atoms with Gasteiger partial charge < -0.3 is 16.0 Å². The predicted octanol–water partition coefficient (Wildman–Crippen LogP) is 0.305. The van der Waals surface area contributed by atoms with Crippen LogP contribution in [0.4, 0.5) is 5.69 Å². The third-order valence-electron chi connectivity index (χ3n) is 2.33. The number of benzene rings is 1. The van der Waals surface area contributed by atoms with Gasteiger partial charge in [-0.3, -0.25) is 4.99 Å². The fourth-order valence-corrected chi connectivity index (χ4v) is 1.64. The molecule has 5 heteroatoms. The monoisotopic (exact) mass is 219 g/mol. The topological polar surface area (TPSA) is 83.8 Å². The normalized spacial score (nSPS) is 12.2. The number of nitrogens with two attached hydrogens (primary N) is 1. The van der Waals surface area contributed by atoms with Crippen LogP contribution >= 0.6 is 0 Å². The molecule has 1 aliphatic carbocycles. The summed E-state index contributed by atoms with van der Waals surface area (Å²) in [4.78, 5) is 4.21. The lowest BCUT2D eigenvalue weighted by molar-refractivity contribution is 0.189. The van der Waals surface area contributed by atoms with Crippen molar-refractivity contribution in [1.29, 1.82) is 0 Å². The van der Waals surface area contributed by atoms with Crippen LogP contribution in [0, 0.1) is 0 Å². The maximum absolute atomic E-state index is 9.65.